The summed E-state index contributed by atoms with van der Waals surface area (Å²) in [6, 6.07) is 17.1. The maximum absolute atomic E-state index is 13.1. The molecule has 22 heavy (non-hydrogen) atoms. The zero-order valence-electron chi connectivity index (χ0n) is 11.9. The Balaban J connectivity index is 1.72. The molecule has 0 bridgehead atoms. The Kier molecular flexibility index (Phi) is 3.11. The molecule has 5 heteroatoms. The van der Waals surface area contributed by atoms with Gasteiger partial charge in [0.15, 0.2) is 0 Å². The van der Waals surface area contributed by atoms with Crippen molar-refractivity contribution < 1.29 is 4.39 Å². The number of aromatic nitrogens is 3. The number of nitrogens with zero attached hydrogens (tertiary/aromatic N) is 3. The van der Waals surface area contributed by atoms with Crippen molar-refractivity contribution in [3.8, 4) is 0 Å². The SMILES string of the molecule is Fc1ccc([C@@H]2C[C@@H](c3ccccc3)n3ncnc3N2)cc1. The van der Waals surface area contributed by atoms with Gasteiger partial charge in [-0.25, -0.2) is 9.07 Å². The lowest BCUT2D eigenvalue weighted by Crippen LogP contribution is -2.28. The number of rotatable bonds is 2. The molecule has 0 unspecified atom stereocenters. The average molecular weight is 294 g/mol. The molecule has 0 aliphatic carbocycles. The lowest BCUT2D eigenvalue weighted by molar-refractivity contribution is 0.430. The summed E-state index contributed by atoms with van der Waals surface area (Å²) in [7, 11) is 0. The molecular formula is C17H15FN4. The smallest absolute Gasteiger partial charge is 0.222 e. The van der Waals surface area contributed by atoms with Crippen LogP contribution in [0.25, 0.3) is 0 Å². The van der Waals surface area contributed by atoms with Crippen LogP contribution in [0.1, 0.15) is 29.6 Å². The van der Waals surface area contributed by atoms with Gasteiger partial charge in [-0.3, -0.25) is 0 Å². The molecule has 0 amide bonds. The average Bonchev–Trinajstić information content (AvgIpc) is 3.04. The second kappa shape index (κ2) is 5.26. The van der Waals surface area contributed by atoms with Crippen LogP contribution in [0.5, 0.6) is 0 Å². The van der Waals surface area contributed by atoms with E-state index >= 15 is 0 Å². The van der Waals surface area contributed by atoms with Gasteiger partial charge >= 0.3 is 0 Å². The molecule has 1 aromatic heterocycles. The number of nitrogens with one attached hydrogen (secondary N) is 1. The minimum absolute atomic E-state index is 0.0857. The first kappa shape index (κ1) is 13.0. The summed E-state index contributed by atoms with van der Waals surface area (Å²) in [4.78, 5) is 4.29. The molecule has 0 spiro atoms. The number of hydrogen-bond donors (Lipinski definition) is 1. The summed E-state index contributed by atoms with van der Waals surface area (Å²) in [5.74, 6) is 0.525. The van der Waals surface area contributed by atoms with Gasteiger partial charge in [-0.2, -0.15) is 10.1 Å². The molecule has 0 fully saturated rings. The molecule has 0 radical (unpaired) electrons. The standard InChI is InChI=1S/C17H15FN4/c18-14-8-6-12(7-9-14)15-10-16(13-4-2-1-3-5-13)22-17(21-15)19-11-20-22/h1-9,11,15-16H,10H2,(H,19,20,21)/t15-,16-/m0/s1. The predicted octanol–water partition coefficient (Wildman–Crippen LogP) is 3.56. The summed E-state index contributed by atoms with van der Waals surface area (Å²) in [6.45, 7) is 0. The number of halogens is 1. The van der Waals surface area contributed by atoms with E-state index in [2.05, 4.69) is 27.5 Å². The van der Waals surface area contributed by atoms with Gasteiger partial charge in [0.05, 0.1) is 12.1 Å². The molecule has 0 saturated carbocycles. The Bertz CT molecular complexity index is 767. The van der Waals surface area contributed by atoms with Gasteiger partial charge in [-0.15, -0.1) is 0 Å². The molecule has 2 heterocycles. The summed E-state index contributed by atoms with van der Waals surface area (Å²) >= 11 is 0. The van der Waals surface area contributed by atoms with Crippen LogP contribution in [0, 0.1) is 5.82 Å². The van der Waals surface area contributed by atoms with Crippen molar-refractivity contribution >= 4 is 5.95 Å². The highest BCUT2D eigenvalue weighted by Crippen LogP contribution is 2.37. The first-order valence-electron chi connectivity index (χ1n) is 7.28. The van der Waals surface area contributed by atoms with Crippen molar-refractivity contribution in [2.24, 2.45) is 0 Å². The molecule has 4 nitrogen and oxygen atoms in total. The topological polar surface area (TPSA) is 42.7 Å². The van der Waals surface area contributed by atoms with E-state index in [9.17, 15) is 4.39 Å². The highest BCUT2D eigenvalue weighted by atomic mass is 19.1. The van der Waals surface area contributed by atoms with Crippen molar-refractivity contribution in [3.63, 3.8) is 0 Å². The minimum atomic E-state index is -0.220. The fourth-order valence-electron chi connectivity index (χ4n) is 2.99. The third kappa shape index (κ3) is 2.24. The van der Waals surface area contributed by atoms with Crippen LogP contribution in [0.3, 0.4) is 0 Å². The zero-order chi connectivity index (χ0) is 14.9. The van der Waals surface area contributed by atoms with Gasteiger partial charge in [0.25, 0.3) is 0 Å². The van der Waals surface area contributed by atoms with Crippen LogP contribution in [0.2, 0.25) is 0 Å². The predicted molar refractivity (Wildman–Crippen MR) is 82.0 cm³/mol. The maximum atomic E-state index is 13.1. The number of anilines is 1. The highest BCUT2D eigenvalue weighted by Gasteiger charge is 2.29. The van der Waals surface area contributed by atoms with Crippen molar-refractivity contribution in [1.29, 1.82) is 0 Å². The van der Waals surface area contributed by atoms with E-state index in [0.29, 0.717) is 0 Å². The molecule has 2 aromatic carbocycles. The van der Waals surface area contributed by atoms with Crippen molar-refractivity contribution in [3.05, 3.63) is 77.9 Å². The van der Waals surface area contributed by atoms with E-state index in [1.807, 2.05) is 35.0 Å². The Hall–Kier alpha value is -2.69. The van der Waals surface area contributed by atoms with E-state index in [-0.39, 0.29) is 17.9 Å². The largest absolute Gasteiger partial charge is 0.348 e. The van der Waals surface area contributed by atoms with Crippen LogP contribution >= 0.6 is 0 Å². The summed E-state index contributed by atoms with van der Waals surface area (Å²) in [5, 5.41) is 7.72. The summed E-state index contributed by atoms with van der Waals surface area (Å²) < 4.78 is 15.1. The van der Waals surface area contributed by atoms with Crippen LogP contribution in [-0.2, 0) is 0 Å². The van der Waals surface area contributed by atoms with Gasteiger partial charge in [0.2, 0.25) is 5.95 Å². The van der Waals surface area contributed by atoms with Gasteiger partial charge in [-0.05, 0) is 29.7 Å². The Morgan fingerprint density at radius 1 is 1.00 bits per heavy atom. The third-order valence-electron chi connectivity index (χ3n) is 4.09. The van der Waals surface area contributed by atoms with Crippen LogP contribution < -0.4 is 5.32 Å². The first-order chi connectivity index (χ1) is 10.8. The van der Waals surface area contributed by atoms with Crippen LogP contribution in [0.15, 0.2) is 60.9 Å². The Morgan fingerprint density at radius 2 is 1.77 bits per heavy atom. The van der Waals surface area contributed by atoms with E-state index in [1.165, 1.54) is 17.7 Å². The van der Waals surface area contributed by atoms with Gasteiger partial charge in [-0.1, -0.05) is 42.5 Å². The minimum Gasteiger partial charge on any atom is -0.348 e. The molecule has 0 saturated heterocycles. The van der Waals surface area contributed by atoms with E-state index in [4.69, 9.17) is 0 Å². The van der Waals surface area contributed by atoms with Crippen molar-refractivity contribution in [2.45, 2.75) is 18.5 Å². The lowest BCUT2D eigenvalue weighted by Gasteiger charge is -2.31. The normalized spacial score (nSPS) is 20.2. The zero-order valence-corrected chi connectivity index (χ0v) is 11.9. The molecular weight excluding hydrogens is 279 g/mol. The number of fused-ring (bicyclic) bond motifs is 1. The molecule has 1 N–H and O–H groups in total. The summed E-state index contributed by atoms with van der Waals surface area (Å²) in [6.07, 6.45) is 2.40. The fraction of sp³-hybridized carbons (Fsp3) is 0.176. The van der Waals surface area contributed by atoms with Crippen LogP contribution in [-0.4, -0.2) is 14.8 Å². The van der Waals surface area contributed by atoms with Gasteiger partial charge in [0, 0.05) is 0 Å². The first-order valence-corrected chi connectivity index (χ1v) is 7.28. The monoisotopic (exact) mass is 294 g/mol. The second-order valence-electron chi connectivity index (χ2n) is 5.44. The van der Waals surface area contributed by atoms with Crippen LogP contribution in [0.4, 0.5) is 10.3 Å². The maximum Gasteiger partial charge on any atom is 0.222 e. The molecule has 110 valence electrons. The molecule has 1 aliphatic rings. The molecule has 1 aliphatic heterocycles. The second-order valence-corrected chi connectivity index (χ2v) is 5.44. The molecule has 2 atom stereocenters. The fourth-order valence-corrected chi connectivity index (χ4v) is 2.99. The molecule has 3 aromatic rings. The van der Waals surface area contributed by atoms with Gasteiger partial charge in [0.1, 0.15) is 12.1 Å². The molecule has 4 rings (SSSR count). The Labute approximate surface area is 127 Å². The quantitative estimate of drug-likeness (QED) is 0.786. The number of hydrogen-bond acceptors (Lipinski definition) is 3. The lowest BCUT2D eigenvalue weighted by atomic mass is 9.93. The van der Waals surface area contributed by atoms with Crippen molar-refractivity contribution in [1.82, 2.24) is 14.8 Å². The van der Waals surface area contributed by atoms with Gasteiger partial charge < -0.3 is 5.32 Å². The summed E-state index contributed by atoms with van der Waals surface area (Å²) in [5.41, 5.74) is 2.25. The third-order valence-corrected chi connectivity index (χ3v) is 4.09. The highest BCUT2D eigenvalue weighted by molar-refractivity contribution is 5.38. The number of benzene rings is 2. The van der Waals surface area contributed by atoms with E-state index in [1.54, 1.807) is 6.33 Å². The van der Waals surface area contributed by atoms with E-state index in [0.717, 1.165) is 17.9 Å². The van der Waals surface area contributed by atoms with E-state index < -0.39 is 0 Å². The van der Waals surface area contributed by atoms with Crippen molar-refractivity contribution in [2.75, 3.05) is 5.32 Å². The Morgan fingerprint density at radius 3 is 2.55 bits per heavy atom.